The number of hydrogen-bond acceptors (Lipinski definition) is 6. The maximum atomic E-state index is 4.55. The number of nitrogens with zero attached hydrogens (tertiary/aromatic N) is 8. The first kappa shape index (κ1) is 46.4. The van der Waals surface area contributed by atoms with Crippen molar-refractivity contribution in [1.82, 2.24) is 19.9 Å². The Balaban J connectivity index is 0.682. The summed E-state index contributed by atoms with van der Waals surface area (Å²) < 4.78 is 8.91. The van der Waals surface area contributed by atoms with Gasteiger partial charge in [-0.25, -0.2) is 9.13 Å². The van der Waals surface area contributed by atoms with Gasteiger partial charge >= 0.3 is 22.0 Å². The second kappa shape index (κ2) is 24.4. The van der Waals surface area contributed by atoms with Crippen molar-refractivity contribution in [2.24, 2.45) is 0 Å². The van der Waals surface area contributed by atoms with Crippen molar-refractivity contribution in [3.63, 3.8) is 0 Å². The topological polar surface area (TPSA) is 67.1 Å². The van der Waals surface area contributed by atoms with Gasteiger partial charge in [-0.3, -0.25) is 19.9 Å². The second-order valence-corrected chi connectivity index (χ2v) is 19.3. The highest BCUT2D eigenvalue weighted by Gasteiger charge is 2.15. The Bertz CT molecular complexity index is 2540. The van der Waals surface area contributed by atoms with Crippen LogP contribution in [0.4, 0.5) is 0 Å². The summed E-state index contributed by atoms with van der Waals surface area (Å²) in [6.45, 7) is 6.29. The van der Waals surface area contributed by atoms with Crippen molar-refractivity contribution in [2.75, 3.05) is 0 Å². The van der Waals surface area contributed by atoms with Crippen molar-refractivity contribution in [2.45, 2.75) is 104 Å². The van der Waals surface area contributed by atoms with Gasteiger partial charge in [0.2, 0.25) is 0 Å². The lowest BCUT2D eigenvalue weighted by Gasteiger charge is -2.05. The van der Waals surface area contributed by atoms with Gasteiger partial charge in [0.25, 0.3) is 0 Å². The fourth-order valence-corrected chi connectivity index (χ4v) is 9.84. The summed E-state index contributed by atoms with van der Waals surface area (Å²) in [6, 6.07) is 34.6. The van der Waals surface area contributed by atoms with Crippen molar-refractivity contribution in [3.8, 4) is 45.0 Å². The van der Waals surface area contributed by atoms with E-state index in [1.807, 2.05) is 36.9 Å². The molecule has 334 valence electrons. The molecule has 10 heteroatoms. The highest BCUT2D eigenvalue weighted by Crippen LogP contribution is 2.22. The van der Waals surface area contributed by atoms with Crippen LogP contribution in [0.15, 0.2) is 171 Å². The van der Waals surface area contributed by atoms with Crippen LogP contribution in [0.3, 0.4) is 0 Å². The quantitative estimate of drug-likeness (QED) is 0.0362. The molecule has 0 N–H and O–H groups in total. The van der Waals surface area contributed by atoms with Gasteiger partial charge < -0.3 is 0 Å². The zero-order valence-corrected chi connectivity index (χ0v) is 40.1. The third-order valence-corrected chi connectivity index (χ3v) is 14.2. The van der Waals surface area contributed by atoms with Crippen LogP contribution in [-0.4, -0.2) is 19.9 Å². The van der Waals surface area contributed by atoms with E-state index in [9.17, 15) is 0 Å². The highest BCUT2D eigenvalue weighted by atomic mass is 33.1. The van der Waals surface area contributed by atoms with E-state index >= 15 is 0 Å². The van der Waals surface area contributed by atoms with Crippen LogP contribution in [0.2, 0.25) is 0 Å². The minimum atomic E-state index is 0.951. The summed E-state index contributed by atoms with van der Waals surface area (Å²) in [5.74, 6) is 0. The van der Waals surface area contributed by atoms with Crippen LogP contribution in [0.25, 0.3) is 45.0 Å². The molecule has 8 rings (SSSR count). The van der Waals surface area contributed by atoms with E-state index in [1.165, 1.54) is 109 Å². The lowest BCUT2D eigenvalue weighted by atomic mass is 10.0. The molecule has 0 amide bonds. The van der Waals surface area contributed by atoms with Crippen LogP contribution in [0, 0.1) is 13.8 Å². The Morgan fingerprint density at radius 3 is 1.05 bits per heavy atom. The molecule has 66 heavy (non-hydrogen) atoms. The molecular formula is C56H62N8S2+4. The van der Waals surface area contributed by atoms with Crippen molar-refractivity contribution < 1.29 is 17.1 Å². The molecule has 0 bridgehead atoms. The maximum absolute atomic E-state index is 4.55. The molecule has 0 aliphatic rings. The number of unbranched alkanes of at least 4 members (excludes halogenated alkanes) is 8. The van der Waals surface area contributed by atoms with E-state index in [-0.39, 0.29) is 0 Å². The summed E-state index contributed by atoms with van der Waals surface area (Å²) in [7, 11) is 3.38. The van der Waals surface area contributed by atoms with E-state index in [0.717, 1.165) is 48.7 Å². The Hall–Kier alpha value is -6.10. The average molecular weight is 911 g/mol. The highest BCUT2D eigenvalue weighted by molar-refractivity contribution is 8.71. The summed E-state index contributed by atoms with van der Waals surface area (Å²) >= 11 is 0. The van der Waals surface area contributed by atoms with Crippen LogP contribution in [0.5, 0.6) is 0 Å². The van der Waals surface area contributed by atoms with Crippen LogP contribution in [0.1, 0.15) is 86.5 Å². The molecule has 0 aliphatic heterocycles. The van der Waals surface area contributed by atoms with E-state index in [2.05, 4.69) is 185 Å². The van der Waals surface area contributed by atoms with Gasteiger partial charge in [0, 0.05) is 86.2 Å². The zero-order chi connectivity index (χ0) is 45.2. The van der Waals surface area contributed by atoms with E-state index in [1.54, 1.807) is 22.0 Å². The smallest absolute Gasteiger partial charge is 0.255 e. The summed E-state index contributed by atoms with van der Waals surface area (Å²) in [5.41, 5.74) is 13.9. The number of hydrogen-bond donors (Lipinski definition) is 0. The molecule has 8 aromatic heterocycles. The number of rotatable bonds is 23. The molecule has 8 nitrogen and oxygen atoms in total. The maximum Gasteiger partial charge on any atom is 0.313 e. The van der Waals surface area contributed by atoms with Crippen LogP contribution < -0.4 is 17.1 Å². The Morgan fingerprint density at radius 1 is 0.348 bits per heavy atom. The third kappa shape index (κ3) is 14.2. The van der Waals surface area contributed by atoms with Crippen LogP contribution >= 0.6 is 22.0 Å². The molecule has 8 heterocycles. The minimum Gasteiger partial charge on any atom is -0.255 e. The molecule has 0 aromatic carbocycles. The molecule has 0 unspecified atom stereocenters. The normalized spacial score (nSPS) is 11.2. The van der Waals surface area contributed by atoms with Crippen molar-refractivity contribution in [1.29, 1.82) is 0 Å². The molecule has 0 radical (unpaired) electrons. The monoisotopic (exact) mass is 910 g/mol. The van der Waals surface area contributed by atoms with Gasteiger partial charge in [-0.1, -0.05) is 25.7 Å². The lowest BCUT2D eigenvalue weighted by molar-refractivity contribution is -0.697. The van der Waals surface area contributed by atoms with Gasteiger partial charge in [-0.15, -0.1) is 7.94 Å². The van der Waals surface area contributed by atoms with Gasteiger partial charge in [0.05, 0.1) is 22.8 Å². The first-order valence-corrected chi connectivity index (χ1v) is 25.7. The first-order valence-electron chi connectivity index (χ1n) is 23.6. The summed E-state index contributed by atoms with van der Waals surface area (Å²) in [5, 5.41) is 0. The second-order valence-electron chi connectivity index (χ2n) is 17.3. The Morgan fingerprint density at radius 2 is 0.667 bits per heavy atom. The summed E-state index contributed by atoms with van der Waals surface area (Å²) in [4.78, 5) is 18.1. The largest absolute Gasteiger partial charge is 0.313 e. The minimum absolute atomic E-state index is 0.951. The van der Waals surface area contributed by atoms with Crippen LogP contribution in [-0.2, 0) is 25.9 Å². The Kier molecular flexibility index (Phi) is 17.2. The predicted molar refractivity (Wildman–Crippen MR) is 269 cm³/mol. The fourth-order valence-electron chi connectivity index (χ4n) is 8.18. The zero-order valence-electron chi connectivity index (χ0n) is 38.5. The third-order valence-electron chi connectivity index (χ3n) is 12.0. The van der Waals surface area contributed by atoms with E-state index < -0.39 is 0 Å². The number of pyridine rings is 8. The van der Waals surface area contributed by atoms with E-state index in [4.69, 9.17) is 0 Å². The molecular weight excluding hydrogens is 849 g/mol. The number of aryl methyl sites for hydroxylation is 6. The van der Waals surface area contributed by atoms with Gasteiger partial charge in [-0.05, 0) is 145 Å². The Labute approximate surface area is 399 Å². The molecule has 0 saturated carbocycles. The molecule has 0 fully saturated rings. The lowest BCUT2D eigenvalue weighted by Crippen LogP contribution is -2.32. The average Bonchev–Trinajstić information content (AvgIpc) is 3.36. The predicted octanol–water partition coefficient (Wildman–Crippen LogP) is 11.7. The molecule has 0 saturated heterocycles. The standard InChI is InChI=1S/C56H62N8S2/c1-45-15-27-57-53(41-45)55-43-47(17-29-59-55)13-9-5-3-7-11-31-61-33-19-49(20-34-61)51-23-37-63(38-24-51)65-66-64-39-25-52(26-40-64)50-21-35-62(36-22-50)32-12-8-4-6-10-14-48-18-30-60-56(44-48)54-42-46(2)16-28-58-54/h15-30,33-44H,3-14,31-32H2,1-2H3/q+4. The number of aromatic nitrogens is 8. The van der Waals surface area contributed by atoms with Gasteiger partial charge in [-0.2, -0.15) is 0 Å². The summed E-state index contributed by atoms with van der Waals surface area (Å²) in [6.07, 6.45) is 39.5. The van der Waals surface area contributed by atoms with Crippen molar-refractivity contribution in [3.05, 3.63) is 194 Å². The molecule has 0 spiro atoms. The molecule has 0 atom stereocenters. The molecule has 0 aliphatic carbocycles. The SMILES string of the molecule is Cc1ccnc(-c2cc(CCCCCCC[n+]3ccc(-c4cc[n+](SS[n+]5ccc(-c6cc[n+](CCCCCCCc7ccnc(-c8cc(C)ccn8)c7)cc6)cc5)cc4)cc3)ccn2)c1. The molecule has 8 aromatic rings. The fraction of sp³-hybridized carbons (Fsp3) is 0.286. The van der Waals surface area contributed by atoms with Gasteiger partial charge in [0.15, 0.2) is 49.6 Å². The van der Waals surface area contributed by atoms with E-state index in [0.29, 0.717) is 0 Å². The van der Waals surface area contributed by atoms with Gasteiger partial charge in [0.1, 0.15) is 13.1 Å². The van der Waals surface area contributed by atoms with Crippen molar-refractivity contribution >= 4 is 22.0 Å². The first-order chi connectivity index (χ1) is 32.5.